The fourth-order valence-electron chi connectivity index (χ4n) is 2.99. The largest absolute Gasteiger partial charge is 0.370 e. The second-order valence-corrected chi connectivity index (χ2v) is 7.15. The average molecular weight is 291 g/mol. The van der Waals surface area contributed by atoms with Crippen LogP contribution in [0.3, 0.4) is 0 Å². The second-order valence-electron chi connectivity index (χ2n) is 7.15. The molecule has 1 fully saturated rings. The van der Waals surface area contributed by atoms with Gasteiger partial charge in [-0.3, -0.25) is 0 Å². The normalized spacial score (nSPS) is 22.0. The van der Waals surface area contributed by atoms with Crippen molar-refractivity contribution in [3.8, 4) is 0 Å². The summed E-state index contributed by atoms with van der Waals surface area (Å²) in [6, 6.07) is 0.186. The van der Waals surface area contributed by atoms with E-state index in [9.17, 15) is 0 Å². The molecule has 2 N–H and O–H groups in total. The number of nitrogens with zero attached hydrogens (tertiary/aromatic N) is 2. The number of methoxy groups -OCH3 is 1. The molecule has 0 spiro atoms. The van der Waals surface area contributed by atoms with Gasteiger partial charge in [0, 0.05) is 25.5 Å². The van der Waals surface area contributed by atoms with Gasteiger partial charge in [-0.1, -0.05) is 20.8 Å². The molecule has 4 nitrogen and oxygen atoms in total. The first-order chi connectivity index (χ1) is 9.91. The summed E-state index contributed by atoms with van der Waals surface area (Å²) >= 11 is 0. The van der Waals surface area contributed by atoms with E-state index in [4.69, 9.17) is 10.5 Å². The minimum Gasteiger partial charge on any atom is -0.370 e. The Morgan fingerprint density at radius 1 is 1.19 bits per heavy atom. The van der Waals surface area contributed by atoms with Crippen LogP contribution in [0.15, 0.2) is 12.4 Å². The van der Waals surface area contributed by atoms with Gasteiger partial charge in [0.1, 0.15) is 5.60 Å². The number of aromatic nitrogens is 2. The first kappa shape index (κ1) is 16.4. The van der Waals surface area contributed by atoms with Gasteiger partial charge in [-0.05, 0) is 49.5 Å². The molecular weight excluding hydrogens is 262 g/mol. The van der Waals surface area contributed by atoms with E-state index < -0.39 is 0 Å². The minimum atomic E-state index is -0.305. The molecule has 2 rings (SSSR count). The third-order valence-electron chi connectivity index (χ3n) is 4.94. The molecule has 1 unspecified atom stereocenters. The van der Waals surface area contributed by atoms with Crippen molar-refractivity contribution in [3.05, 3.63) is 23.8 Å². The summed E-state index contributed by atoms with van der Waals surface area (Å²) in [5, 5.41) is 0. The van der Waals surface area contributed by atoms with Crippen molar-refractivity contribution in [2.75, 3.05) is 7.11 Å². The SMILES string of the molecule is CCC(N)Cc1cnc(C2(OC)CCC(C)(C)CC2)nc1. The third-order valence-corrected chi connectivity index (χ3v) is 4.94. The molecule has 1 aromatic heterocycles. The van der Waals surface area contributed by atoms with Crippen molar-refractivity contribution < 1.29 is 4.74 Å². The smallest absolute Gasteiger partial charge is 0.160 e. The summed E-state index contributed by atoms with van der Waals surface area (Å²) < 4.78 is 5.85. The predicted octanol–water partition coefficient (Wildman–Crippen LogP) is 3.20. The summed E-state index contributed by atoms with van der Waals surface area (Å²) in [6.45, 7) is 6.74. The Morgan fingerprint density at radius 2 is 1.76 bits per heavy atom. The summed E-state index contributed by atoms with van der Waals surface area (Å²) in [4.78, 5) is 9.18. The van der Waals surface area contributed by atoms with E-state index in [-0.39, 0.29) is 11.6 Å². The highest BCUT2D eigenvalue weighted by Gasteiger charge is 2.41. The molecule has 0 radical (unpaired) electrons. The van der Waals surface area contributed by atoms with Crippen LogP contribution in [0.4, 0.5) is 0 Å². The Balaban J connectivity index is 2.12. The lowest BCUT2D eigenvalue weighted by Gasteiger charge is -2.41. The Morgan fingerprint density at radius 3 is 2.24 bits per heavy atom. The second kappa shape index (κ2) is 6.41. The topological polar surface area (TPSA) is 61.0 Å². The van der Waals surface area contributed by atoms with E-state index in [2.05, 4.69) is 30.7 Å². The summed E-state index contributed by atoms with van der Waals surface area (Å²) in [7, 11) is 1.78. The lowest BCUT2D eigenvalue weighted by atomic mass is 9.70. The fraction of sp³-hybridized carbons (Fsp3) is 0.765. The zero-order valence-corrected chi connectivity index (χ0v) is 13.9. The maximum atomic E-state index is 5.99. The van der Waals surface area contributed by atoms with Crippen molar-refractivity contribution in [1.29, 1.82) is 0 Å². The van der Waals surface area contributed by atoms with Gasteiger partial charge in [0.25, 0.3) is 0 Å². The highest BCUT2D eigenvalue weighted by atomic mass is 16.5. The van der Waals surface area contributed by atoms with Crippen LogP contribution in [0.2, 0.25) is 0 Å². The summed E-state index contributed by atoms with van der Waals surface area (Å²) in [5.74, 6) is 0.828. The van der Waals surface area contributed by atoms with Crippen LogP contribution in [0.25, 0.3) is 0 Å². The zero-order valence-electron chi connectivity index (χ0n) is 13.9. The molecule has 4 heteroatoms. The molecule has 1 aliphatic carbocycles. The van der Waals surface area contributed by atoms with Gasteiger partial charge < -0.3 is 10.5 Å². The number of hydrogen-bond donors (Lipinski definition) is 1. The molecule has 0 aromatic carbocycles. The van der Waals surface area contributed by atoms with Gasteiger partial charge in [-0.15, -0.1) is 0 Å². The monoisotopic (exact) mass is 291 g/mol. The highest BCUT2D eigenvalue weighted by Crippen LogP contribution is 2.45. The van der Waals surface area contributed by atoms with Crippen LogP contribution in [0.5, 0.6) is 0 Å². The maximum Gasteiger partial charge on any atom is 0.160 e. The van der Waals surface area contributed by atoms with Crippen LogP contribution in [0, 0.1) is 5.41 Å². The van der Waals surface area contributed by atoms with Crippen molar-refractivity contribution in [3.63, 3.8) is 0 Å². The molecule has 21 heavy (non-hydrogen) atoms. The van der Waals surface area contributed by atoms with Crippen LogP contribution in [-0.4, -0.2) is 23.1 Å². The van der Waals surface area contributed by atoms with Crippen LogP contribution in [-0.2, 0) is 16.8 Å². The summed E-state index contributed by atoms with van der Waals surface area (Å²) in [6.07, 6.45) is 9.91. The van der Waals surface area contributed by atoms with Crippen molar-refractivity contribution >= 4 is 0 Å². The van der Waals surface area contributed by atoms with Crippen molar-refractivity contribution in [1.82, 2.24) is 9.97 Å². The first-order valence-corrected chi connectivity index (χ1v) is 8.03. The van der Waals surface area contributed by atoms with E-state index in [1.807, 2.05) is 12.4 Å². The lowest BCUT2D eigenvalue weighted by Crippen LogP contribution is -2.38. The molecule has 1 aromatic rings. The van der Waals surface area contributed by atoms with Crippen LogP contribution < -0.4 is 5.73 Å². The van der Waals surface area contributed by atoms with Crippen molar-refractivity contribution in [2.45, 2.75) is 70.9 Å². The first-order valence-electron chi connectivity index (χ1n) is 8.03. The number of nitrogens with two attached hydrogens (primary N) is 1. The van der Waals surface area contributed by atoms with Gasteiger partial charge in [0.05, 0.1) is 0 Å². The van der Waals surface area contributed by atoms with Gasteiger partial charge >= 0.3 is 0 Å². The highest BCUT2D eigenvalue weighted by molar-refractivity contribution is 5.12. The number of hydrogen-bond acceptors (Lipinski definition) is 4. The molecule has 0 bridgehead atoms. The quantitative estimate of drug-likeness (QED) is 0.905. The molecular formula is C17H29N3O. The predicted molar refractivity (Wildman–Crippen MR) is 84.9 cm³/mol. The molecule has 0 saturated heterocycles. The standard InChI is InChI=1S/C17H29N3O/c1-5-14(18)10-13-11-19-15(20-12-13)17(21-4)8-6-16(2,3)7-9-17/h11-12,14H,5-10,18H2,1-4H3. The molecule has 1 saturated carbocycles. The molecule has 0 aliphatic heterocycles. The fourth-order valence-corrected chi connectivity index (χ4v) is 2.99. The van der Waals surface area contributed by atoms with Crippen LogP contribution >= 0.6 is 0 Å². The Bertz CT molecular complexity index is 446. The Kier molecular flexibility index (Phi) is 4.99. The van der Waals surface area contributed by atoms with E-state index in [0.29, 0.717) is 5.41 Å². The lowest BCUT2D eigenvalue weighted by molar-refractivity contribution is -0.0729. The molecule has 1 atom stereocenters. The molecule has 1 heterocycles. The number of rotatable bonds is 5. The molecule has 118 valence electrons. The molecule has 0 amide bonds. The van der Waals surface area contributed by atoms with Gasteiger partial charge in [-0.25, -0.2) is 9.97 Å². The Labute approximate surface area is 128 Å². The molecule has 1 aliphatic rings. The minimum absolute atomic E-state index is 0.186. The van der Waals surface area contributed by atoms with Gasteiger partial charge in [0.2, 0.25) is 0 Å². The summed E-state index contributed by atoms with van der Waals surface area (Å²) in [5.41, 5.74) is 7.19. The van der Waals surface area contributed by atoms with E-state index in [0.717, 1.165) is 49.9 Å². The average Bonchev–Trinajstić information content (AvgIpc) is 2.49. The number of ether oxygens (including phenoxy) is 1. The van der Waals surface area contributed by atoms with E-state index in [1.54, 1.807) is 7.11 Å². The van der Waals surface area contributed by atoms with E-state index in [1.165, 1.54) is 0 Å². The van der Waals surface area contributed by atoms with Gasteiger partial charge in [-0.2, -0.15) is 0 Å². The zero-order chi connectivity index (χ0) is 15.5. The maximum absolute atomic E-state index is 5.99. The third kappa shape index (κ3) is 3.80. The Hall–Kier alpha value is -1.00. The van der Waals surface area contributed by atoms with E-state index >= 15 is 0 Å². The van der Waals surface area contributed by atoms with Crippen LogP contribution in [0.1, 0.15) is 64.3 Å². The van der Waals surface area contributed by atoms with Crippen molar-refractivity contribution in [2.24, 2.45) is 11.1 Å². The van der Waals surface area contributed by atoms with Gasteiger partial charge in [0.15, 0.2) is 5.82 Å².